The van der Waals surface area contributed by atoms with Gasteiger partial charge in [0, 0.05) is 48.4 Å². The van der Waals surface area contributed by atoms with E-state index >= 15 is 4.39 Å². The van der Waals surface area contributed by atoms with E-state index in [0.717, 1.165) is 42.2 Å². The molecular formula is C26H34FN5O3S. The molecule has 4 rings (SSSR count). The van der Waals surface area contributed by atoms with Crippen molar-refractivity contribution in [2.45, 2.75) is 51.5 Å². The van der Waals surface area contributed by atoms with Crippen molar-refractivity contribution in [3.05, 3.63) is 42.0 Å². The average molecular weight is 516 g/mol. The van der Waals surface area contributed by atoms with Gasteiger partial charge in [-0.15, -0.1) is 0 Å². The number of pyridine rings is 2. The van der Waals surface area contributed by atoms with E-state index in [1.165, 1.54) is 12.3 Å². The van der Waals surface area contributed by atoms with Gasteiger partial charge in [-0.1, -0.05) is 27.2 Å². The van der Waals surface area contributed by atoms with E-state index in [2.05, 4.69) is 32.2 Å². The fourth-order valence-electron chi connectivity index (χ4n) is 4.71. The largest absolute Gasteiger partial charge is 0.475 e. The maximum absolute atomic E-state index is 15.3. The van der Waals surface area contributed by atoms with Crippen molar-refractivity contribution in [2.75, 3.05) is 36.5 Å². The third-order valence-electron chi connectivity index (χ3n) is 6.64. The van der Waals surface area contributed by atoms with Gasteiger partial charge in [-0.25, -0.2) is 17.8 Å². The number of sulfonamides is 1. The number of fused-ring (bicyclic) bond motifs is 1. The molecule has 36 heavy (non-hydrogen) atoms. The fourth-order valence-corrected chi connectivity index (χ4v) is 5.26. The monoisotopic (exact) mass is 515 g/mol. The Bertz CT molecular complexity index is 1370. The molecule has 2 heterocycles. The normalized spacial score (nSPS) is 15.1. The number of aromatic nitrogens is 2. The Kier molecular flexibility index (Phi) is 7.38. The molecule has 0 radical (unpaired) electrons. The fraction of sp³-hybridized carbons (Fsp3) is 0.462. The van der Waals surface area contributed by atoms with Crippen molar-refractivity contribution in [3.63, 3.8) is 0 Å². The van der Waals surface area contributed by atoms with Crippen LogP contribution in [0.25, 0.3) is 22.0 Å². The first kappa shape index (κ1) is 26.1. The van der Waals surface area contributed by atoms with E-state index in [1.807, 2.05) is 20.9 Å². The average Bonchev–Trinajstić information content (AvgIpc) is 2.78. The van der Waals surface area contributed by atoms with Gasteiger partial charge in [0.1, 0.15) is 18.1 Å². The van der Waals surface area contributed by atoms with Crippen LogP contribution in [0.2, 0.25) is 0 Å². The van der Waals surface area contributed by atoms with Gasteiger partial charge in [0.15, 0.2) is 0 Å². The van der Waals surface area contributed by atoms with Crippen LogP contribution in [0.15, 0.2) is 30.6 Å². The number of nitrogens with zero attached hydrogens (tertiary/aromatic N) is 2. The second kappa shape index (κ2) is 10.2. The molecule has 0 aliphatic heterocycles. The number of anilines is 2. The molecule has 3 N–H and O–H groups in total. The highest BCUT2D eigenvalue weighted by Gasteiger charge is 2.37. The summed E-state index contributed by atoms with van der Waals surface area (Å²) in [5.41, 5.74) is 3.54. The summed E-state index contributed by atoms with van der Waals surface area (Å²) in [6.07, 6.45) is 7.57. The molecule has 10 heteroatoms. The molecule has 1 saturated carbocycles. The Labute approximate surface area is 212 Å². The molecule has 2 aromatic heterocycles. The summed E-state index contributed by atoms with van der Waals surface area (Å²) in [5, 5.41) is 7.35. The molecule has 8 nitrogen and oxygen atoms in total. The third kappa shape index (κ3) is 5.54. The summed E-state index contributed by atoms with van der Waals surface area (Å²) < 4.78 is 47.6. The van der Waals surface area contributed by atoms with E-state index in [1.54, 1.807) is 18.3 Å². The minimum absolute atomic E-state index is 0.0163. The van der Waals surface area contributed by atoms with E-state index in [-0.39, 0.29) is 17.0 Å². The van der Waals surface area contributed by atoms with Crippen LogP contribution in [0.4, 0.5) is 15.8 Å². The quantitative estimate of drug-likeness (QED) is 0.337. The van der Waals surface area contributed by atoms with Gasteiger partial charge in [0.25, 0.3) is 0 Å². The van der Waals surface area contributed by atoms with Crippen LogP contribution < -0.4 is 20.1 Å². The highest BCUT2D eigenvalue weighted by atomic mass is 32.2. The summed E-state index contributed by atoms with van der Waals surface area (Å²) in [4.78, 5) is 8.82. The Morgan fingerprint density at radius 3 is 2.50 bits per heavy atom. The highest BCUT2D eigenvalue weighted by molar-refractivity contribution is 7.92. The highest BCUT2D eigenvalue weighted by Crippen LogP contribution is 2.49. The summed E-state index contributed by atoms with van der Waals surface area (Å²) in [6.45, 7) is 7.14. The Morgan fingerprint density at radius 2 is 1.89 bits per heavy atom. The van der Waals surface area contributed by atoms with Crippen LogP contribution in [0.3, 0.4) is 0 Å². The molecule has 0 saturated heterocycles. The first-order valence-electron chi connectivity index (χ1n) is 12.2. The van der Waals surface area contributed by atoms with Gasteiger partial charge in [-0.05, 0) is 36.0 Å². The number of hydrogen-bond donors (Lipinski definition) is 3. The number of rotatable bonds is 10. The van der Waals surface area contributed by atoms with Crippen molar-refractivity contribution < 1.29 is 17.5 Å². The smallest absolute Gasteiger partial charge is 0.238 e. The number of benzene rings is 1. The first-order chi connectivity index (χ1) is 17.0. The zero-order chi connectivity index (χ0) is 26.1. The maximum Gasteiger partial charge on any atom is 0.238 e. The van der Waals surface area contributed by atoms with Crippen molar-refractivity contribution in [2.24, 2.45) is 0 Å². The standard InChI is InChI=1S/C26H34FN5O3S/c1-16(2)29-9-10-35-25-22(32-36(5,33)34)11-17(14-31-25)18-12-19-21(13-20(18)27)30-15-23(28-4)24(19)26(3)7-6-8-26/h11-16,28-29,32H,6-10H2,1-5H3. The predicted molar refractivity (Wildman–Crippen MR) is 143 cm³/mol. The van der Waals surface area contributed by atoms with E-state index in [4.69, 9.17) is 4.74 Å². The minimum Gasteiger partial charge on any atom is -0.475 e. The number of hydrogen-bond acceptors (Lipinski definition) is 7. The molecule has 1 aliphatic carbocycles. The lowest BCUT2D eigenvalue weighted by molar-refractivity contribution is 0.275. The Balaban J connectivity index is 1.79. The molecule has 0 amide bonds. The third-order valence-corrected chi connectivity index (χ3v) is 7.23. The van der Waals surface area contributed by atoms with E-state index in [0.29, 0.717) is 35.8 Å². The molecule has 0 atom stereocenters. The summed E-state index contributed by atoms with van der Waals surface area (Å²) in [5.74, 6) is -0.323. The summed E-state index contributed by atoms with van der Waals surface area (Å²) >= 11 is 0. The molecule has 1 aliphatic rings. The summed E-state index contributed by atoms with van der Waals surface area (Å²) in [6, 6.07) is 5.08. The van der Waals surface area contributed by atoms with Crippen molar-refractivity contribution in [3.8, 4) is 17.0 Å². The van der Waals surface area contributed by atoms with Gasteiger partial charge in [-0.2, -0.15) is 0 Å². The van der Waals surface area contributed by atoms with Crippen molar-refractivity contribution in [1.29, 1.82) is 0 Å². The number of nitrogens with one attached hydrogen (secondary N) is 3. The number of halogens is 1. The van der Waals surface area contributed by atoms with Crippen LogP contribution in [0, 0.1) is 5.82 Å². The predicted octanol–water partition coefficient (Wildman–Crippen LogP) is 4.67. The molecular weight excluding hydrogens is 481 g/mol. The van der Waals surface area contributed by atoms with Crippen molar-refractivity contribution >= 4 is 32.3 Å². The molecule has 0 spiro atoms. The number of ether oxygens (including phenoxy) is 1. The second-order valence-electron chi connectivity index (χ2n) is 9.97. The van der Waals surface area contributed by atoms with Crippen LogP contribution >= 0.6 is 0 Å². The lowest BCUT2D eigenvalue weighted by atomic mass is 9.64. The zero-order valence-corrected chi connectivity index (χ0v) is 22.2. The van der Waals surface area contributed by atoms with Crippen LogP contribution in [-0.2, 0) is 15.4 Å². The Hall–Kier alpha value is -2.98. The second-order valence-corrected chi connectivity index (χ2v) is 11.7. The lowest BCUT2D eigenvalue weighted by Crippen LogP contribution is -2.31. The Morgan fingerprint density at radius 1 is 1.14 bits per heavy atom. The zero-order valence-electron chi connectivity index (χ0n) is 21.4. The van der Waals surface area contributed by atoms with E-state index < -0.39 is 15.8 Å². The van der Waals surface area contributed by atoms with Crippen molar-refractivity contribution in [1.82, 2.24) is 15.3 Å². The molecule has 0 bridgehead atoms. The molecule has 3 aromatic rings. The van der Waals surface area contributed by atoms with Gasteiger partial charge in [0.05, 0.1) is 23.7 Å². The first-order valence-corrected chi connectivity index (χ1v) is 14.0. The van der Waals surface area contributed by atoms with Crippen LogP contribution in [0.1, 0.15) is 45.6 Å². The van der Waals surface area contributed by atoms with Gasteiger partial charge < -0.3 is 15.4 Å². The SMILES string of the molecule is CNc1cnc2cc(F)c(-c3cnc(OCCNC(C)C)c(NS(C)(=O)=O)c3)cc2c1C1(C)CCC1. The maximum atomic E-state index is 15.3. The lowest BCUT2D eigenvalue weighted by Gasteiger charge is -2.40. The molecule has 1 fully saturated rings. The summed E-state index contributed by atoms with van der Waals surface area (Å²) in [7, 11) is -1.75. The van der Waals surface area contributed by atoms with Gasteiger partial charge in [-0.3, -0.25) is 9.71 Å². The molecule has 0 unspecified atom stereocenters. The molecule has 1 aromatic carbocycles. The van der Waals surface area contributed by atoms with Gasteiger partial charge >= 0.3 is 0 Å². The topological polar surface area (TPSA) is 105 Å². The van der Waals surface area contributed by atoms with Crippen LogP contribution in [0.5, 0.6) is 5.88 Å². The minimum atomic E-state index is -3.62. The van der Waals surface area contributed by atoms with Gasteiger partial charge in [0.2, 0.25) is 15.9 Å². The van der Waals surface area contributed by atoms with Crippen LogP contribution in [-0.4, -0.2) is 50.9 Å². The van der Waals surface area contributed by atoms with E-state index in [9.17, 15) is 8.42 Å². The molecule has 194 valence electrons.